The summed E-state index contributed by atoms with van der Waals surface area (Å²) >= 11 is 0. The van der Waals surface area contributed by atoms with Crippen LogP contribution >= 0.6 is 0 Å². The molecule has 3 rings (SSSR count). The molecule has 0 N–H and O–H groups in total. The fourth-order valence-electron chi connectivity index (χ4n) is 3.10. The standard InChI is InChI=1S/C25H23NO6/c1-17-7-10-22(26(28)29)25(13-17)32-16-20-14-18(9-12-24(20)31-3)8-11-23(27)19-5-4-6-21(15-19)30-2/h4-15H,16H2,1-3H3/b11-8+. The number of benzene rings is 3. The second-order valence-electron chi connectivity index (χ2n) is 7.02. The minimum Gasteiger partial charge on any atom is -0.497 e. The fourth-order valence-corrected chi connectivity index (χ4v) is 3.10. The van der Waals surface area contributed by atoms with Crippen LogP contribution in [0.15, 0.2) is 66.7 Å². The van der Waals surface area contributed by atoms with Gasteiger partial charge in [-0.2, -0.15) is 0 Å². The number of nitrogens with zero attached hydrogens (tertiary/aromatic N) is 1. The number of nitro groups is 1. The predicted octanol–water partition coefficient (Wildman–Crippen LogP) is 5.40. The van der Waals surface area contributed by atoms with Crippen LogP contribution in [0.3, 0.4) is 0 Å². The van der Waals surface area contributed by atoms with E-state index < -0.39 is 4.92 Å². The third-order valence-electron chi connectivity index (χ3n) is 4.78. The number of ether oxygens (including phenoxy) is 3. The van der Waals surface area contributed by atoms with Gasteiger partial charge in [-0.05, 0) is 54.5 Å². The van der Waals surface area contributed by atoms with Gasteiger partial charge < -0.3 is 14.2 Å². The molecule has 3 aromatic rings. The number of carbonyl (C=O) groups excluding carboxylic acids is 1. The molecule has 0 aliphatic carbocycles. The zero-order valence-electron chi connectivity index (χ0n) is 18.0. The molecule has 0 aliphatic heterocycles. The van der Waals surface area contributed by atoms with Crippen LogP contribution in [0.5, 0.6) is 17.2 Å². The minimum absolute atomic E-state index is 0.0684. The Hall–Kier alpha value is -4.13. The maximum absolute atomic E-state index is 12.5. The van der Waals surface area contributed by atoms with E-state index in [9.17, 15) is 14.9 Å². The van der Waals surface area contributed by atoms with E-state index in [1.807, 2.05) is 19.1 Å². The number of hydrogen-bond acceptors (Lipinski definition) is 6. The normalized spacial score (nSPS) is 10.7. The van der Waals surface area contributed by atoms with Gasteiger partial charge >= 0.3 is 5.69 Å². The minimum atomic E-state index is -0.477. The number of allylic oxidation sites excluding steroid dienone is 1. The van der Waals surface area contributed by atoms with Gasteiger partial charge in [-0.3, -0.25) is 14.9 Å². The van der Waals surface area contributed by atoms with E-state index in [4.69, 9.17) is 14.2 Å². The number of ketones is 1. The molecule has 0 radical (unpaired) electrons. The van der Waals surface area contributed by atoms with Crippen LogP contribution in [0.25, 0.3) is 6.08 Å². The number of aryl methyl sites for hydroxylation is 1. The van der Waals surface area contributed by atoms with Crippen LogP contribution < -0.4 is 14.2 Å². The van der Waals surface area contributed by atoms with Gasteiger partial charge in [-0.15, -0.1) is 0 Å². The first-order chi connectivity index (χ1) is 15.4. The molecule has 0 unspecified atom stereocenters. The Morgan fingerprint density at radius 1 is 1.00 bits per heavy atom. The smallest absolute Gasteiger partial charge is 0.310 e. The summed E-state index contributed by atoms with van der Waals surface area (Å²) in [7, 11) is 3.08. The number of methoxy groups -OCH3 is 2. The molecule has 0 fully saturated rings. The monoisotopic (exact) mass is 433 g/mol. The summed E-state index contributed by atoms with van der Waals surface area (Å²) in [4.78, 5) is 23.3. The predicted molar refractivity (Wildman–Crippen MR) is 122 cm³/mol. The Morgan fingerprint density at radius 3 is 2.53 bits per heavy atom. The van der Waals surface area contributed by atoms with Gasteiger partial charge in [0.05, 0.1) is 19.1 Å². The summed E-state index contributed by atoms with van der Waals surface area (Å²) in [6, 6.07) is 17.0. The van der Waals surface area contributed by atoms with Crippen LogP contribution in [-0.2, 0) is 6.61 Å². The van der Waals surface area contributed by atoms with Gasteiger partial charge in [0.1, 0.15) is 18.1 Å². The zero-order valence-corrected chi connectivity index (χ0v) is 18.0. The van der Waals surface area contributed by atoms with Crippen molar-refractivity contribution in [1.82, 2.24) is 0 Å². The first kappa shape index (κ1) is 22.6. The number of hydrogen-bond donors (Lipinski definition) is 0. The third kappa shape index (κ3) is 5.51. The Morgan fingerprint density at radius 2 is 1.81 bits per heavy atom. The molecule has 0 aliphatic rings. The lowest BCUT2D eigenvalue weighted by Gasteiger charge is -2.12. The first-order valence-electron chi connectivity index (χ1n) is 9.82. The molecular formula is C25H23NO6. The largest absolute Gasteiger partial charge is 0.497 e. The van der Waals surface area contributed by atoms with E-state index in [1.54, 1.807) is 55.7 Å². The lowest BCUT2D eigenvalue weighted by molar-refractivity contribution is -0.386. The van der Waals surface area contributed by atoms with Crippen LogP contribution in [0.2, 0.25) is 0 Å². The Kier molecular flexibility index (Phi) is 7.23. The van der Waals surface area contributed by atoms with Gasteiger partial charge in [0.15, 0.2) is 11.5 Å². The highest BCUT2D eigenvalue weighted by molar-refractivity contribution is 6.07. The molecule has 0 spiro atoms. The van der Waals surface area contributed by atoms with Crippen molar-refractivity contribution < 1.29 is 23.9 Å². The highest BCUT2D eigenvalue weighted by atomic mass is 16.6. The van der Waals surface area contributed by atoms with Crippen molar-refractivity contribution >= 4 is 17.5 Å². The van der Waals surface area contributed by atoms with Gasteiger partial charge in [0.2, 0.25) is 0 Å². The van der Waals surface area contributed by atoms with Crippen LogP contribution in [0.4, 0.5) is 5.69 Å². The van der Waals surface area contributed by atoms with Gasteiger partial charge in [0.25, 0.3) is 0 Å². The van der Waals surface area contributed by atoms with Crippen molar-refractivity contribution in [2.75, 3.05) is 14.2 Å². The van der Waals surface area contributed by atoms with E-state index in [1.165, 1.54) is 19.3 Å². The Balaban J connectivity index is 1.80. The van der Waals surface area contributed by atoms with E-state index in [0.29, 0.717) is 22.6 Å². The van der Waals surface area contributed by atoms with Crippen molar-refractivity contribution in [3.05, 3.63) is 99.1 Å². The molecule has 32 heavy (non-hydrogen) atoms. The number of rotatable bonds is 9. The first-order valence-corrected chi connectivity index (χ1v) is 9.82. The fraction of sp³-hybridized carbons (Fsp3) is 0.160. The van der Waals surface area contributed by atoms with E-state index in [-0.39, 0.29) is 23.8 Å². The summed E-state index contributed by atoms with van der Waals surface area (Å²) < 4.78 is 16.3. The summed E-state index contributed by atoms with van der Waals surface area (Å²) in [5.41, 5.74) is 2.72. The summed E-state index contributed by atoms with van der Waals surface area (Å²) in [6.45, 7) is 1.90. The van der Waals surface area contributed by atoms with Crippen molar-refractivity contribution in [3.63, 3.8) is 0 Å². The molecule has 0 saturated heterocycles. The van der Waals surface area contributed by atoms with Crippen LogP contribution in [-0.4, -0.2) is 24.9 Å². The molecule has 0 bridgehead atoms. The molecule has 0 atom stereocenters. The summed E-state index contributed by atoms with van der Waals surface area (Å²) in [6.07, 6.45) is 3.17. The Bertz CT molecular complexity index is 1170. The van der Waals surface area contributed by atoms with Gasteiger partial charge in [0, 0.05) is 17.2 Å². The molecule has 3 aromatic carbocycles. The maximum atomic E-state index is 12.5. The molecular weight excluding hydrogens is 410 g/mol. The third-order valence-corrected chi connectivity index (χ3v) is 4.78. The quantitative estimate of drug-likeness (QED) is 0.194. The zero-order chi connectivity index (χ0) is 23.1. The number of carbonyl (C=O) groups is 1. The highest BCUT2D eigenvalue weighted by Crippen LogP contribution is 2.30. The molecule has 0 amide bonds. The maximum Gasteiger partial charge on any atom is 0.310 e. The topological polar surface area (TPSA) is 87.9 Å². The molecule has 164 valence electrons. The lowest BCUT2D eigenvalue weighted by atomic mass is 10.1. The molecule has 0 aromatic heterocycles. The lowest BCUT2D eigenvalue weighted by Crippen LogP contribution is -2.02. The van der Waals surface area contributed by atoms with Crippen molar-refractivity contribution in [2.45, 2.75) is 13.5 Å². The van der Waals surface area contributed by atoms with Crippen molar-refractivity contribution in [3.8, 4) is 17.2 Å². The van der Waals surface area contributed by atoms with E-state index in [0.717, 1.165) is 11.1 Å². The summed E-state index contributed by atoms with van der Waals surface area (Å²) in [5.74, 6) is 1.22. The van der Waals surface area contributed by atoms with E-state index in [2.05, 4.69) is 0 Å². The van der Waals surface area contributed by atoms with Crippen LogP contribution in [0, 0.1) is 17.0 Å². The van der Waals surface area contributed by atoms with Gasteiger partial charge in [-0.25, -0.2) is 0 Å². The van der Waals surface area contributed by atoms with Crippen LogP contribution in [0.1, 0.15) is 27.0 Å². The second-order valence-corrected chi connectivity index (χ2v) is 7.02. The average molecular weight is 433 g/mol. The molecule has 0 heterocycles. The molecule has 0 saturated carbocycles. The molecule has 7 heteroatoms. The Labute approximate surface area is 186 Å². The van der Waals surface area contributed by atoms with Crippen molar-refractivity contribution in [2.24, 2.45) is 0 Å². The number of nitro benzene ring substituents is 1. The SMILES string of the molecule is COc1cccc(C(=O)/C=C/c2ccc(OC)c(COc3cc(C)ccc3[N+](=O)[O-])c2)c1. The van der Waals surface area contributed by atoms with E-state index >= 15 is 0 Å². The highest BCUT2D eigenvalue weighted by Gasteiger charge is 2.16. The summed E-state index contributed by atoms with van der Waals surface area (Å²) in [5, 5.41) is 11.3. The van der Waals surface area contributed by atoms with Crippen molar-refractivity contribution in [1.29, 1.82) is 0 Å². The average Bonchev–Trinajstić information content (AvgIpc) is 2.81. The second kappa shape index (κ2) is 10.3. The van der Waals surface area contributed by atoms with Gasteiger partial charge in [-0.1, -0.05) is 30.3 Å². The molecule has 7 nitrogen and oxygen atoms in total.